The number of carbonyl (C=O) groups excluding carboxylic acids is 1. The number of aromatic nitrogens is 2. The summed E-state index contributed by atoms with van der Waals surface area (Å²) in [5, 5.41) is 7.43. The molecular formula is C20H28N4O. The van der Waals surface area contributed by atoms with E-state index in [1.54, 1.807) is 4.68 Å². The molecule has 1 saturated heterocycles. The van der Waals surface area contributed by atoms with Crippen molar-refractivity contribution in [3.63, 3.8) is 0 Å². The average Bonchev–Trinajstić information content (AvgIpc) is 2.95. The molecule has 1 fully saturated rings. The van der Waals surface area contributed by atoms with E-state index in [4.69, 9.17) is 0 Å². The number of nitrogens with zero attached hydrogens (tertiary/aromatic N) is 3. The summed E-state index contributed by atoms with van der Waals surface area (Å²) in [4.78, 5) is 14.9. The zero-order valence-electron chi connectivity index (χ0n) is 15.2. The van der Waals surface area contributed by atoms with Gasteiger partial charge >= 0.3 is 0 Å². The van der Waals surface area contributed by atoms with Gasteiger partial charge < -0.3 is 10.2 Å². The standard InChI is InChI=1S/C20H28N4O/c1-16-14-19(22-23(16)2)20(25)21-18-11-7-13-24(15-18)12-6-10-17-8-4-3-5-9-17/h3-5,8-9,14,18H,6-7,10-13,15H2,1-2H3,(H,21,25). The molecule has 1 atom stereocenters. The fraction of sp³-hybridized carbons (Fsp3) is 0.500. The Kier molecular flexibility index (Phi) is 5.87. The molecule has 2 heterocycles. The largest absolute Gasteiger partial charge is 0.347 e. The summed E-state index contributed by atoms with van der Waals surface area (Å²) in [6.45, 7) is 5.11. The molecule has 0 bridgehead atoms. The van der Waals surface area contributed by atoms with Crippen LogP contribution in [0.4, 0.5) is 0 Å². The Balaban J connectivity index is 1.45. The van der Waals surface area contributed by atoms with Gasteiger partial charge in [-0.05, 0) is 57.3 Å². The summed E-state index contributed by atoms with van der Waals surface area (Å²) in [6, 6.07) is 12.7. The summed E-state index contributed by atoms with van der Waals surface area (Å²) >= 11 is 0. The summed E-state index contributed by atoms with van der Waals surface area (Å²) < 4.78 is 1.74. The van der Waals surface area contributed by atoms with Gasteiger partial charge in [0.05, 0.1) is 0 Å². The molecule has 134 valence electrons. The Labute approximate surface area is 150 Å². The number of aryl methyl sites for hydroxylation is 3. The highest BCUT2D eigenvalue weighted by Gasteiger charge is 2.22. The van der Waals surface area contributed by atoms with Crippen molar-refractivity contribution in [3.05, 3.63) is 53.3 Å². The van der Waals surface area contributed by atoms with Gasteiger partial charge in [-0.15, -0.1) is 0 Å². The summed E-state index contributed by atoms with van der Waals surface area (Å²) in [5.41, 5.74) is 2.91. The number of amides is 1. The van der Waals surface area contributed by atoms with E-state index in [1.807, 2.05) is 20.0 Å². The highest BCUT2D eigenvalue weighted by atomic mass is 16.2. The van der Waals surface area contributed by atoms with Crippen LogP contribution in [-0.2, 0) is 13.5 Å². The van der Waals surface area contributed by atoms with Gasteiger partial charge in [-0.2, -0.15) is 5.10 Å². The molecule has 1 N–H and O–H groups in total. The fourth-order valence-electron chi connectivity index (χ4n) is 3.46. The quantitative estimate of drug-likeness (QED) is 0.879. The van der Waals surface area contributed by atoms with Gasteiger partial charge in [0.2, 0.25) is 0 Å². The van der Waals surface area contributed by atoms with Crippen LogP contribution in [0.3, 0.4) is 0 Å². The first kappa shape index (κ1) is 17.7. The number of carbonyl (C=O) groups is 1. The van der Waals surface area contributed by atoms with E-state index in [0.29, 0.717) is 5.69 Å². The van der Waals surface area contributed by atoms with E-state index in [1.165, 1.54) is 5.56 Å². The van der Waals surface area contributed by atoms with Crippen molar-refractivity contribution in [2.45, 2.75) is 38.6 Å². The normalized spacial score (nSPS) is 18.2. The van der Waals surface area contributed by atoms with Gasteiger partial charge in [0.1, 0.15) is 5.69 Å². The maximum Gasteiger partial charge on any atom is 0.272 e. The highest BCUT2D eigenvalue weighted by Crippen LogP contribution is 2.13. The Morgan fingerprint density at radius 2 is 2.12 bits per heavy atom. The van der Waals surface area contributed by atoms with Gasteiger partial charge in [-0.25, -0.2) is 0 Å². The second kappa shape index (κ2) is 8.30. The number of benzene rings is 1. The second-order valence-corrected chi connectivity index (χ2v) is 7.00. The third kappa shape index (κ3) is 4.92. The van der Waals surface area contributed by atoms with E-state index < -0.39 is 0 Å². The van der Waals surface area contributed by atoms with E-state index in [-0.39, 0.29) is 11.9 Å². The van der Waals surface area contributed by atoms with Crippen LogP contribution in [-0.4, -0.2) is 46.3 Å². The van der Waals surface area contributed by atoms with Crippen molar-refractivity contribution < 1.29 is 4.79 Å². The lowest BCUT2D eigenvalue weighted by Crippen LogP contribution is -2.48. The monoisotopic (exact) mass is 340 g/mol. The number of rotatable bonds is 6. The minimum atomic E-state index is -0.0557. The van der Waals surface area contributed by atoms with E-state index in [9.17, 15) is 4.79 Å². The Morgan fingerprint density at radius 1 is 1.32 bits per heavy atom. The molecule has 25 heavy (non-hydrogen) atoms. The molecule has 5 heteroatoms. The molecule has 3 rings (SSSR count). The minimum Gasteiger partial charge on any atom is -0.347 e. The molecule has 1 aliphatic rings. The number of piperidine rings is 1. The maximum atomic E-state index is 12.4. The molecule has 1 amide bonds. The highest BCUT2D eigenvalue weighted by molar-refractivity contribution is 5.92. The molecule has 0 saturated carbocycles. The molecule has 5 nitrogen and oxygen atoms in total. The minimum absolute atomic E-state index is 0.0557. The second-order valence-electron chi connectivity index (χ2n) is 7.00. The van der Waals surface area contributed by atoms with Crippen LogP contribution in [0.2, 0.25) is 0 Å². The summed E-state index contributed by atoms with van der Waals surface area (Å²) in [7, 11) is 1.86. The zero-order valence-corrected chi connectivity index (χ0v) is 15.2. The summed E-state index contributed by atoms with van der Waals surface area (Å²) in [6.07, 6.45) is 4.45. The van der Waals surface area contributed by atoms with Crippen LogP contribution in [0.15, 0.2) is 36.4 Å². The topological polar surface area (TPSA) is 50.2 Å². The third-order valence-corrected chi connectivity index (χ3v) is 4.97. The van der Waals surface area contributed by atoms with Crippen molar-refractivity contribution in [3.8, 4) is 0 Å². The van der Waals surface area contributed by atoms with Gasteiger partial charge in [-0.3, -0.25) is 9.48 Å². The van der Waals surface area contributed by atoms with Crippen LogP contribution in [0.25, 0.3) is 0 Å². The van der Waals surface area contributed by atoms with Gasteiger partial charge in [0, 0.05) is 25.3 Å². The van der Waals surface area contributed by atoms with E-state index >= 15 is 0 Å². The summed E-state index contributed by atoms with van der Waals surface area (Å²) in [5.74, 6) is -0.0557. The number of hydrogen-bond donors (Lipinski definition) is 1. The SMILES string of the molecule is Cc1cc(C(=O)NC2CCCN(CCCc3ccccc3)C2)nn1C. The van der Waals surface area contributed by atoms with E-state index in [0.717, 1.165) is 51.0 Å². The first-order valence-corrected chi connectivity index (χ1v) is 9.19. The van der Waals surface area contributed by atoms with Crippen molar-refractivity contribution in [2.75, 3.05) is 19.6 Å². The molecule has 0 spiro atoms. The molecule has 1 aliphatic heterocycles. The fourth-order valence-corrected chi connectivity index (χ4v) is 3.46. The van der Waals surface area contributed by atoms with Crippen molar-refractivity contribution in [1.82, 2.24) is 20.0 Å². The Bertz CT molecular complexity index is 675. The van der Waals surface area contributed by atoms with Crippen LogP contribution >= 0.6 is 0 Å². The molecule has 0 aliphatic carbocycles. The predicted molar refractivity (Wildman–Crippen MR) is 99.6 cm³/mol. The molecule has 1 unspecified atom stereocenters. The lowest BCUT2D eigenvalue weighted by molar-refractivity contribution is 0.0897. The number of hydrogen-bond acceptors (Lipinski definition) is 3. The lowest BCUT2D eigenvalue weighted by Gasteiger charge is -2.33. The lowest BCUT2D eigenvalue weighted by atomic mass is 10.0. The predicted octanol–water partition coefficient (Wildman–Crippen LogP) is 2.56. The van der Waals surface area contributed by atoms with Crippen molar-refractivity contribution in [2.24, 2.45) is 7.05 Å². The molecule has 0 radical (unpaired) electrons. The van der Waals surface area contributed by atoms with Crippen LogP contribution in [0.1, 0.15) is 41.0 Å². The van der Waals surface area contributed by atoms with Gasteiger partial charge in [0.15, 0.2) is 0 Å². The average molecular weight is 340 g/mol. The van der Waals surface area contributed by atoms with Crippen LogP contribution in [0, 0.1) is 6.92 Å². The Morgan fingerprint density at radius 3 is 2.84 bits per heavy atom. The smallest absolute Gasteiger partial charge is 0.272 e. The first-order chi connectivity index (χ1) is 12.1. The maximum absolute atomic E-state index is 12.4. The van der Waals surface area contributed by atoms with Crippen molar-refractivity contribution >= 4 is 5.91 Å². The first-order valence-electron chi connectivity index (χ1n) is 9.19. The Hall–Kier alpha value is -2.14. The number of likely N-dealkylation sites (tertiary alicyclic amines) is 1. The van der Waals surface area contributed by atoms with E-state index in [2.05, 4.69) is 45.6 Å². The molecular weight excluding hydrogens is 312 g/mol. The number of nitrogens with one attached hydrogen (secondary N) is 1. The van der Waals surface area contributed by atoms with Crippen LogP contribution < -0.4 is 5.32 Å². The molecule has 2 aromatic rings. The molecule has 1 aromatic carbocycles. The van der Waals surface area contributed by atoms with Crippen LogP contribution in [0.5, 0.6) is 0 Å². The van der Waals surface area contributed by atoms with Gasteiger partial charge in [0.25, 0.3) is 5.91 Å². The van der Waals surface area contributed by atoms with Crippen molar-refractivity contribution in [1.29, 1.82) is 0 Å². The van der Waals surface area contributed by atoms with Gasteiger partial charge in [-0.1, -0.05) is 30.3 Å². The zero-order chi connectivity index (χ0) is 17.6. The third-order valence-electron chi connectivity index (χ3n) is 4.97. The molecule has 1 aromatic heterocycles.